The summed E-state index contributed by atoms with van der Waals surface area (Å²) < 4.78 is 5.06. The van der Waals surface area contributed by atoms with Crippen LogP contribution in [0.2, 0.25) is 0 Å². The Morgan fingerprint density at radius 1 is 1.44 bits per heavy atom. The molecule has 0 atom stereocenters. The molecule has 0 bridgehead atoms. The van der Waals surface area contributed by atoms with Crippen LogP contribution < -0.4 is 11.1 Å². The van der Waals surface area contributed by atoms with Gasteiger partial charge < -0.3 is 15.8 Å². The number of esters is 1. The summed E-state index contributed by atoms with van der Waals surface area (Å²) in [6.07, 6.45) is 1.43. The monoisotopic (exact) mass is 251 g/mol. The van der Waals surface area contributed by atoms with Gasteiger partial charge in [0, 0.05) is 11.8 Å². The first kappa shape index (κ1) is 14.0. The molecule has 0 saturated heterocycles. The first-order valence-electron chi connectivity index (χ1n) is 5.49. The molecule has 6 heteroatoms. The molecular weight excluding hydrogens is 234 g/mol. The number of rotatable bonds is 3. The van der Waals surface area contributed by atoms with Crippen molar-refractivity contribution in [2.24, 2.45) is 0 Å². The third-order valence-corrected chi connectivity index (χ3v) is 1.86. The Kier molecular flexibility index (Phi) is 4.25. The van der Waals surface area contributed by atoms with E-state index in [9.17, 15) is 9.59 Å². The van der Waals surface area contributed by atoms with E-state index in [1.807, 2.05) is 0 Å². The van der Waals surface area contributed by atoms with Crippen LogP contribution >= 0.6 is 0 Å². The minimum atomic E-state index is -0.567. The highest BCUT2D eigenvalue weighted by Crippen LogP contribution is 2.06. The second-order valence-corrected chi connectivity index (χ2v) is 4.74. The van der Waals surface area contributed by atoms with Gasteiger partial charge in [-0.15, -0.1) is 0 Å². The SMILES string of the molecule is CC(C)(C)OC(=O)CNC(=O)c1ccnc(N)c1. The molecule has 0 aliphatic carbocycles. The van der Waals surface area contributed by atoms with E-state index in [4.69, 9.17) is 10.5 Å². The molecule has 1 rings (SSSR count). The predicted octanol–water partition coefficient (Wildman–Crippen LogP) is 0.735. The van der Waals surface area contributed by atoms with Gasteiger partial charge in [0.1, 0.15) is 18.0 Å². The molecule has 1 aromatic rings. The van der Waals surface area contributed by atoms with Crippen molar-refractivity contribution in [3.8, 4) is 0 Å². The largest absolute Gasteiger partial charge is 0.459 e. The lowest BCUT2D eigenvalue weighted by atomic mass is 10.2. The molecule has 1 heterocycles. The number of hydrogen-bond acceptors (Lipinski definition) is 5. The van der Waals surface area contributed by atoms with Crippen molar-refractivity contribution in [1.29, 1.82) is 0 Å². The molecule has 0 radical (unpaired) electrons. The minimum absolute atomic E-state index is 0.182. The van der Waals surface area contributed by atoms with Crippen LogP contribution in [0.25, 0.3) is 0 Å². The third-order valence-electron chi connectivity index (χ3n) is 1.86. The summed E-state index contributed by atoms with van der Waals surface area (Å²) in [4.78, 5) is 26.8. The van der Waals surface area contributed by atoms with Gasteiger partial charge in [-0.25, -0.2) is 4.98 Å². The van der Waals surface area contributed by atoms with Crippen LogP contribution in [0.3, 0.4) is 0 Å². The topological polar surface area (TPSA) is 94.3 Å². The Balaban J connectivity index is 2.49. The molecule has 0 aromatic carbocycles. The van der Waals surface area contributed by atoms with Crippen LogP contribution in [0, 0.1) is 0 Å². The Morgan fingerprint density at radius 2 is 2.11 bits per heavy atom. The first-order valence-corrected chi connectivity index (χ1v) is 5.49. The number of carbonyl (C=O) groups excluding carboxylic acids is 2. The van der Waals surface area contributed by atoms with Gasteiger partial charge in [-0.05, 0) is 32.9 Å². The third kappa shape index (κ3) is 4.82. The first-order chi connectivity index (χ1) is 8.28. The highest BCUT2D eigenvalue weighted by molar-refractivity contribution is 5.96. The van der Waals surface area contributed by atoms with Crippen molar-refractivity contribution in [2.75, 3.05) is 12.3 Å². The molecule has 0 saturated carbocycles. The molecular formula is C12H17N3O3. The second-order valence-electron chi connectivity index (χ2n) is 4.74. The highest BCUT2D eigenvalue weighted by Gasteiger charge is 2.17. The molecule has 98 valence electrons. The van der Waals surface area contributed by atoms with Gasteiger partial charge in [-0.3, -0.25) is 9.59 Å². The van der Waals surface area contributed by atoms with Crippen LogP contribution in [0.4, 0.5) is 5.82 Å². The van der Waals surface area contributed by atoms with Crippen molar-refractivity contribution in [3.05, 3.63) is 23.9 Å². The number of carbonyl (C=O) groups is 2. The summed E-state index contributed by atoms with van der Waals surface area (Å²) in [7, 11) is 0. The van der Waals surface area contributed by atoms with E-state index in [0.29, 0.717) is 5.56 Å². The van der Waals surface area contributed by atoms with Gasteiger partial charge in [-0.1, -0.05) is 0 Å². The zero-order valence-electron chi connectivity index (χ0n) is 10.7. The molecule has 18 heavy (non-hydrogen) atoms. The quantitative estimate of drug-likeness (QED) is 0.772. The number of nitrogens with zero attached hydrogens (tertiary/aromatic N) is 1. The Bertz CT molecular complexity index is 452. The average Bonchev–Trinajstić information content (AvgIpc) is 2.23. The maximum absolute atomic E-state index is 11.7. The molecule has 1 amide bonds. The van der Waals surface area contributed by atoms with Crippen molar-refractivity contribution < 1.29 is 14.3 Å². The van der Waals surface area contributed by atoms with E-state index in [1.165, 1.54) is 18.3 Å². The van der Waals surface area contributed by atoms with E-state index in [2.05, 4.69) is 10.3 Å². The molecule has 6 nitrogen and oxygen atoms in total. The maximum atomic E-state index is 11.7. The second kappa shape index (κ2) is 5.48. The predicted molar refractivity (Wildman–Crippen MR) is 66.8 cm³/mol. The highest BCUT2D eigenvalue weighted by atomic mass is 16.6. The summed E-state index contributed by atoms with van der Waals surface area (Å²) in [6, 6.07) is 2.95. The van der Waals surface area contributed by atoms with Gasteiger partial charge in [-0.2, -0.15) is 0 Å². The van der Waals surface area contributed by atoms with Gasteiger partial charge in [0.25, 0.3) is 5.91 Å². The van der Waals surface area contributed by atoms with Gasteiger partial charge in [0.2, 0.25) is 0 Å². The van der Waals surface area contributed by atoms with Crippen molar-refractivity contribution in [1.82, 2.24) is 10.3 Å². The van der Waals surface area contributed by atoms with Gasteiger partial charge >= 0.3 is 5.97 Å². The van der Waals surface area contributed by atoms with Crippen molar-refractivity contribution in [3.63, 3.8) is 0 Å². The number of aromatic nitrogens is 1. The summed E-state index contributed by atoms with van der Waals surface area (Å²) in [6.45, 7) is 5.10. The van der Waals surface area contributed by atoms with E-state index in [0.717, 1.165) is 0 Å². The molecule has 0 aliphatic heterocycles. The number of nitrogens with one attached hydrogen (secondary N) is 1. The maximum Gasteiger partial charge on any atom is 0.325 e. The average molecular weight is 251 g/mol. The number of pyridine rings is 1. The Morgan fingerprint density at radius 3 is 2.67 bits per heavy atom. The molecule has 0 fully saturated rings. The number of ether oxygens (including phenoxy) is 1. The zero-order chi connectivity index (χ0) is 13.8. The summed E-state index contributed by atoms with van der Waals surface area (Å²) in [5.74, 6) is -0.632. The van der Waals surface area contributed by atoms with Crippen LogP contribution in [0.5, 0.6) is 0 Å². The van der Waals surface area contributed by atoms with Gasteiger partial charge in [0.15, 0.2) is 0 Å². The van der Waals surface area contributed by atoms with Crippen LogP contribution in [-0.4, -0.2) is 29.0 Å². The molecule has 0 spiro atoms. The van der Waals surface area contributed by atoms with E-state index in [-0.39, 0.29) is 12.4 Å². The van der Waals surface area contributed by atoms with E-state index >= 15 is 0 Å². The number of amides is 1. The Labute approximate surface area is 106 Å². The smallest absolute Gasteiger partial charge is 0.325 e. The minimum Gasteiger partial charge on any atom is -0.459 e. The molecule has 0 aliphatic rings. The summed E-state index contributed by atoms with van der Waals surface area (Å²) in [5.41, 5.74) is 5.24. The number of anilines is 1. The lowest BCUT2D eigenvalue weighted by Gasteiger charge is -2.19. The van der Waals surface area contributed by atoms with Crippen LogP contribution in [-0.2, 0) is 9.53 Å². The molecule has 3 N–H and O–H groups in total. The number of hydrogen-bond donors (Lipinski definition) is 2. The fraction of sp³-hybridized carbons (Fsp3) is 0.417. The zero-order valence-corrected chi connectivity index (χ0v) is 10.7. The van der Waals surface area contributed by atoms with Gasteiger partial charge in [0.05, 0.1) is 0 Å². The van der Waals surface area contributed by atoms with Crippen LogP contribution in [0.1, 0.15) is 31.1 Å². The summed E-state index contributed by atoms with van der Waals surface area (Å²) in [5, 5.41) is 2.45. The van der Waals surface area contributed by atoms with Crippen molar-refractivity contribution in [2.45, 2.75) is 26.4 Å². The fourth-order valence-electron chi connectivity index (χ4n) is 1.22. The standard InChI is InChI=1S/C12H17N3O3/c1-12(2,3)18-10(16)7-15-11(17)8-4-5-14-9(13)6-8/h4-6H,7H2,1-3H3,(H2,13,14)(H,15,17). The molecule has 1 aromatic heterocycles. The van der Waals surface area contributed by atoms with Crippen molar-refractivity contribution >= 4 is 17.7 Å². The summed E-state index contributed by atoms with van der Waals surface area (Å²) >= 11 is 0. The molecule has 0 unspecified atom stereocenters. The van der Waals surface area contributed by atoms with E-state index in [1.54, 1.807) is 20.8 Å². The fourth-order valence-corrected chi connectivity index (χ4v) is 1.22. The lowest BCUT2D eigenvalue weighted by Crippen LogP contribution is -2.34. The van der Waals surface area contributed by atoms with E-state index < -0.39 is 17.5 Å². The lowest BCUT2D eigenvalue weighted by molar-refractivity contribution is -0.153. The number of nitrogen functional groups attached to an aromatic ring is 1. The van der Waals surface area contributed by atoms with Crippen LogP contribution in [0.15, 0.2) is 18.3 Å². The normalized spacial score (nSPS) is 10.8. The Hall–Kier alpha value is -2.11. The number of nitrogens with two attached hydrogens (primary N) is 1.